The smallest absolute Gasteiger partial charge is 0.0472 e. The van der Waals surface area contributed by atoms with E-state index in [0.717, 1.165) is 39.5 Å². The Morgan fingerprint density at radius 2 is 1.08 bits per heavy atom. The quantitative estimate of drug-likeness (QED) is 0.123. The van der Waals surface area contributed by atoms with Gasteiger partial charge >= 0.3 is 0 Å². The van der Waals surface area contributed by atoms with Crippen molar-refractivity contribution in [2.24, 2.45) is 0 Å². The summed E-state index contributed by atoms with van der Waals surface area (Å²) in [4.78, 5) is 2.13. The van der Waals surface area contributed by atoms with Crippen LogP contribution in [0.1, 0.15) is 62.4 Å². The van der Waals surface area contributed by atoms with Gasteiger partial charge in [-0.3, -0.25) is 0 Å². The first-order chi connectivity index (χ1) is 31.0. The molecule has 9 rings (SSSR count). The van der Waals surface area contributed by atoms with E-state index in [1.54, 1.807) is 0 Å². The van der Waals surface area contributed by atoms with Gasteiger partial charge in [-0.25, -0.2) is 0 Å². The molecule has 0 heterocycles. The molecule has 0 aromatic heterocycles. The first-order valence-electron chi connectivity index (χ1n) is 22.1. The maximum Gasteiger partial charge on any atom is 0.0472 e. The van der Waals surface area contributed by atoms with Crippen molar-refractivity contribution in [3.8, 4) is 33.4 Å². The standard InChI is InChI=1S/C61H53ClN2/c1-7-18-51-52-23-14-16-25-55(52)60(3,4)57(51)37-38-64(50-34-29-46(30-35-50)44-21-12-9-13-22-44)42(2)39-48(62)41-59(63-49-32-27-45(28-33-49)43-19-10-8-11-20-43)47-31-36-54-53-24-15-17-26-56(53)61(5,6)58(54)40-47/h7-41,63H,2H2,1,3-6H3/b18-7-,38-37+,48-39+,59-41-. The normalized spacial score (nSPS) is 15.0. The summed E-state index contributed by atoms with van der Waals surface area (Å²) in [5.74, 6) is 0. The molecule has 64 heavy (non-hydrogen) atoms. The van der Waals surface area contributed by atoms with Gasteiger partial charge in [0.05, 0.1) is 0 Å². The maximum atomic E-state index is 7.39. The van der Waals surface area contributed by atoms with Crippen LogP contribution in [0.2, 0.25) is 0 Å². The van der Waals surface area contributed by atoms with Gasteiger partial charge in [0.2, 0.25) is 0 Å². The van der Waals surface area contributed by atoms with E-state index in [-0.39, 0.29) is 10.8 Å². The average Bonchev–Trinajstić information content (AvgIpc) is 3.68. The topological polar surface area (TPSA) is 15.3 Å². The van der Waals surface area contributed by atoms with E-state index in [2.05, 4.69) is 240 Å². The third-order valence-electron chi connectivity index (χ3n) is 12.9. The minimum atomic E-state index is -0.200. The molecule has 0 fully saturated rings. The Morgan fingerprint density at radius 3 is 1.70 bits per heavy atom. The second-order valence-corrected chi connectivity index (χ2v) is 18.1. The Bertz CT molecular complexity index is 3010. The molecular weight excluding hydrogens is 796 g/mol. The lowest BCUT2D eigenvalue weighted by molar-refractivity contribution is 0.654. The van der Waals surface area contributed by atoms with Crippen LogP contribution in [0.4, 0.5) is 11.4 Å². The van der Waals surface area contributed by atoms with Crippen molar-refractivity contribution in [1.29, 1.82) is 0 Å². The Labute approximate surface area is 384 Å². The molecule has 2 aliphatic rings. The van der Waals surface area contributed by atoms with Gasteiger partial charge in [-0.1, -0.05) is 204 Å². The van der Waals surface area contributed by atoms with E-state index >= 15 is 0 Å². The van der Waals surface area contributed by atoms with Crippen molar-refractivity contribution >= 4 is 34.2 Å². The van der Waals surface area contributed by atoms with Gasteiger partial charge in [-0.15, -0.1) is 0 Å². The Kier molecular flexibility index (Phi) is 11.6. The largest absolute Gasteiger partial charge is 0.355 e. The fourth-order valence-corrected chi connectivity index (χ4v) is 9.71. The van der Waals surface area contributed by atoms with Crippen LogP contribution in [0.5, 0.6) is 0 Å². The number of rotatable bonds is 12. The predicted molar refractivity (Wildman–Crippen MR) is 275 cm³/mol. The molecule has 0 aliphatic heterocycles. The highest BCUT2D eigenvalue weighted by Gasteiger charge is 2.36. The van der Waals surface area contributed by atoms with Crippen LogP contribution in [0.3, 0.4) is 0 Å². The molecule has 2 aliphatic carbocycles. The minimum absolute atomic E-state index is 0.154. The SMILES string of the molecule is C=C(/C=C(Cl)\C=C(/Nc1ccc(-c2ccccc2)cc1)c1ccc2c(c1)C(C)(C)c1ccccc1-2)N(/C=C/C1=C(/C=C\C)c2ccccc2C1(C)C)c1ccc(-c2ccccc2)cc1. The van der Waals surface area contributed by atoms with Gasteiger partial charge in [-0.2, -0.15) is 0 Å². The molecule has 7 aromatic rings. The summed E-state index contributed by atoms with van der Waals surface area (Å²) in [5.41, 5.74) is 19.2. The van der Waals surface area contributed by atoms with Gasteiger partial charge < -0.3 is 10.2 Å². The summed E-state index contributed by atoms with van der Waals surface area (Å²) in [6.07, 6.45) is 12.7. The summed E-state index contributed by atoms with van der Waals surface area (Å²) in [6.45, 7) is 16.0. The van der Waals surface area contributed by atoms with Crippen molar-refractivity contribution < 1.29 is 0 Å². The van der Waals surface area contributed by atoms with Crippen molar-refractivity contribution in [1.82, 2.24) is 0 Å². The number of halogens is 1. The molecule has 0 radical (unpaired) electrons. The van der Waals surface area contributed by atoms with E-state index in [0.29, 0.717) is 5.03 Å². The third kappa shape index (κ3) is 8.14. The highest BCUT2D eigenvalue weighted by atomic mass is 35.5. The molecule has 0 saturated heterocycles. The number of benzene rings is 7. The molecule has 0 amide bonds. The zero-order valence-electron chi connectivity index (χ0n) is 37.2. The number of anilines is 2. The molecule has 0 saturated carbocycles. The fourth-order valence-electron chi connectivity index (χ4n) is 9.48. The molecule has 0 bridgehead atoms. The van der Waals surface area contributed by atoms with E-state index in [9.17, 15) is 0 Å². The van der Waals surface area contributed by atoms with Gasteiger partial charge in [0, 0.05) is 44.8 Å². The Morgan fingerprint density at radius 1 is 0.547 bits per heavy atom. The highest BCUT2D eigenvalue weighted by molar-refractivity contribution is 6.32. The van der Waals surface area contributed by atoms with Crippen LogP contribution in [-0.4, -0.2) is 0 Å². The van der Waals surface area contributed by atoms with Gasteiger partial charge in [-0.05, 0) is 128 Å². The van der Waals surface area contributed by atoms with Crippen LogP contribution in [0.15, 0.2) is 235 Å². The summed E-state index contributed by atoms with van der Waals surface area (Å²) >= 11 is 7.39. The summed E-state index contributed by atoms with van der Waals surface area (Å²) in [5, 5.41) is 4.30. The lowest BCUT2D eigenvalue weighted by Crippen LogP contribution is -2.18. The van der Waals surface area contributed by atoms with Crippen molar-refractivity contribution in [2.75, 3.05) is 10.2 Å². The number of allylic oxidation sites excluding steroid dienone is 8. The summed E-state index contributed by atoms with van der Waals surface area (Å²) < 4.78 is 0. The Hall–Kier alpha value is -7.13. The molecule has 0 atom stereocenters. The molecule has 0 unspecified atom stereocenters. The second-order valence-electron chi connectivity index (χ2n) is 17.7. The second kappa shape index (κ2) is 17.6. The molecule has 3 heteroatoms. The van der Waals surface area contributed by atoms with Crippen LogP contribution in [0.25, 0.3) is 44.7 Å². The first-order valence-corrected chi connectivity index (χ1v) is 22.5. The van der Waals surface area contributed by atoms with Crippen LogP contribution in [0, 0.1) is 0 Å². The first kappa shape index (κ1) is 42.2. The molecule has 2 nitrogen and oxygen atoms in total. The predicted octanol–water partition coefficient (Wildman–Crippen LogP) is 16.8. The van der Waals surface area contributed by atoms with E-state index in [4.69, 9.17) is 11.6 Å². The summed E-state index contributed by atoms with van der Waals surface area (Å²) in [6, 6.07) is 62.4. The molecule has 7 aromatic carbocycles. The zero-order chi connectivity index (χ0) is 44.4. The van der Waals surface area contributed by atoms with Gasteiger partial charge in [0.15, 0.2) is 0 Å². The number of fused-ring (bicyclic) bond motifs is 4. The van der Waals surface area contributed by atoms with Crippen LogP contribution >= 0.6 is 11.6 Å². The van der Waals surface area contributed by atoms with Crippen molar-refractivity contribution in [3.63, 3.8) is 0 Å². The van der Waals surface area contributed by atoms with Crippen LogP contribution in [-0.2, 0) is 10.8 Å². The summed E-state index contributed by atoms with van der Waals surface area (Å²) in [7, 11) is 0. The zero-order valence-corrected chi connectivity index (χ0v) is 38.0. The number of hydrogen-bond donors (Lipinski definition) is 1. The maximum absolute atomic E-state index is 7.39. The number of hydrogen-bond acceptors (Lipinski definition) is 2. The number of nitrogens with one attached hydrogen (secondary N) is 1. The van der Waals surface area contributed by atoms with Gasteiger partial charge in [0.25, 0.3) is 0 Å². The highest BCUT2D eigenvalue weighted by Crippen LogP contribution is 2.50. The van der Waals surface area contributed by atoms with E-state index in [1.807, 2.05) is 24.3 Å². The number of nitrogens with zero attached hydrogens (tertiary/aromatic N) is 1. The van der Waals surface area contributed by atoms with E-state index < -0.39 is 0 Å². The Balaban J connectivity index is 1.11. The average molecular weight is 850 g/mol. The minimum Gasteiger partial charge on any atom is -0.355 e. The van der Waals surface area contributed by atoms with E-state index in [1.165, 1.54) is 55.7 Å². The lowest BCUT2D eigenvalue weighted by atomic mass is 9.81. The van der Waals surface area contributed by atoms with Crippen LogP contribution < -0.4 is 10.2 Å². The van der Waals surface area contributed by atoms with Crippen molar-refractivity contribution in [3.05, 3.63) is 263 Å². The van der Waals surface area contributed by atoms with Crippen molar-refractivity contribution in [2.45, 2.75) is 45.4 Å². The molecule has 1 N–H and O–H groups in total. The van der Waals surface area contributed by atoms with Gasteiger partial charge in [0.1, 0.15) is 0 Å². The third-order valence-corrected chi connectivity index (χ3v) is 13.1. The lowest BCUT2D eigenvalue weighted by Gasteiger charge is -2.25. The fraction of sp³-hybridized carbons (Fsp3) is 0.115. The molecular formula is C61H53ClN2. The monoisotopic (exact) mass is 848 g/mol. The molecule has 314 valence electrons. The molecule has 0 spiro atoms.